The van der Waals surface area contributed by atoms with E-state index in [0.29, 0.717) is 5.75 Å². The molecule has 6 heteroatoms. The lowest BCUT2D eigenvalue weighted by Crippen LogP contribution is -2.43. The quantitative estimate of drug-likeness (QED) is 0.772. The van der Waals surface area contributed by atoms with Crippen molar-refractivity contribution < 1.29 is 19.1 Å². The topological polar surface area (TPSA) is 76.7 Å². The Kier molecular flexibility index (Phi) is 5.58. The lowest BCUT2D eigenvalue weighted by Gasteiger charge is -2.24. The molecule has 2 amide bonds. The van der Waals surface area contributed by atoms with E-state index in [1.807, 2.05) is 43.3 Å². The molecule has 2 aromatic carbocycles. The molecule has 6 nitrogen and oxygen atoms in total. The summed E-state index contributed by atoms with van der Waals surface area (Å²) in [6, 6.07) is 12.3. The van der Waals surface area contributed by atoms with E-state index in [1.54, 1.807) is 27.3 Å². The fourth-order valence-electron chi connectivity index (χ4n) is 3.44. The fourth-order valence-corrected chi connectivity index (χ4v) is 3.44. The van der Waals surface area contributed by atoms with Crippen LogP contribution in [0.15, 0.2) is 42.5 Å². The van der Waals surface area contributed by atoms with Gasteiger partial charge < -0.3 is 20.1 Å². The highest BCUT2D eigenvalue weighted by atomic mass is 16.5. The molecule has 3 rings (SSSR count). The van der Waals surface area contributed by atoms with Crippen molar-refractivity contribution in [1.82, 2.24) is 10.6 Å². The minimum absolute atomic E-state index is 0.145. The lowest BCUT2D eigenvalue weighted by atomic mass is 9.93. The van der Waals surface area contributed by atoms with E-state index in [4.69, 9.17) is 9.47 Å². The highest BCUT2D eigenvalue weighted by Gasteiger charge is 2.52. The third-order valence-corrected chi connectivity index (χ3v) is 5.41. The molecule has 0 aromatic heterocycles. The van der Waals surface area contributed by atoms with Crippen molar-refractivity contribution in [2.45, 2.75) is 31.2 Å². The van der Waals surface area contributed by atoms with Gasteiger partial charge in [0.25, 0.3) is 0 Å². The second kappa shape index (κ2) is 7.92. The van der Waals surface area contributed by atoms with Gasteiger partial charge in [0.05, 0.1) is 19.6 Å². The summed E-state index contributed by atoms with van der Waals surface area (Å²) in [5.74, 6) is 0.971. The molecule has 28 heavy (non-hydrogen) atoms. The molecule has 1 unspecified atom stereocenters. The minimum atomic E-state index is -0.789. The first kappa shape index (κ1) is 19.7. The number of hydrogen-bond acceptors (Lipinski definition) is 4. The van der Waals surface area contributed by atoms with E-state index in [9.17, 15) is 9.59 Å². The number of benzene rings is 2. The number of methoxy groups -OCH3 is 2. The second-order valence-corrected chi connectivity index (χ2v) is 7.05. The highest BCUT2D eigenvalue weighted by Crippen LogP contribution is 2.49. The van der Waals surface area contributed by atoms with Gasteiger partial charge in [0, 0.05) is 7.05 Å². The van der Waals surface area contributed by atoms with E-state index < -0.39 is 11.5 Å². The van der Waals surface area contributed by atoms with Crippen molar-refractivity contribution in [3.8, 4) is 11.5 Å². The van der Waals surface area contributed by atoms with Gasteiger partial charge in [-0.3, -0.25) is 9.59 Å². The third kappa shape index (κ3) is 3.67. The summed E-state index contributed by atoms with van der Waals surface area (Å²) in [7, 11) is 4.75. The molecule has 0 spiro atoms. The van der Waals surface area contributed by atoms with Gasteiger partial charge in [0.2, 0.25) is 11.8 Å². The maximum absolute atomic E-state index is 13.2. The van der Waals surface area contributed by atoms with Crippen LogP contribution in [0, 0.1) is 6.92 Å². The van der Waals surface area contributed by atoms with Crippen molar-refractivity contribution in [2.24, 2.45) is 0 Å². The maximum atomic E-state index is 13.2. The first-order chi connectivity index (χ1) is 13.4. The van der Waals surface area contributed by atoms with Crippen LogP contribution in [0.4, 0.5) is 0 Å². The standard InChI is InChI=1S/C22H26N2O4/c1-14-5-8-17(28-4)13-18(14)19(20(25)23-2)24-21(26)22(11-12-22)15-6-9-16(27-3)10-7-15/h5-10,13,19H,11-12H2,1-4H3,(H,23,25)(H,24,26). The summed E-state index contributed by atoms with van der Waals surface area (Å²) >= 11 is 0. The minimum Gasteiger partial charge on any atom is -0.497 e. The van der Waals surface area contributed by atoms with Crippen LogP contribution < -0.4 is 20.1 Å². The van der Waals surface area contributed by atoms with Crippen molar-refractivity contribution in [1.29, 1.82) is 0 Å². The molecule has 1 aliphatic rings. The Bertz CT molecular complexity index is 873. The maximum Gasteiger partial charge on any atom is 0.246 e. The van der Waals surface area contributed by atoms with Crippen LogP contribution in [-0.4, -0.2) is 33.1 Å². The number of rotatable bonds is 7. The average Bonchev–Trinajstić information content (AvgIpc) is 3.54. The summed E-state index contributed by atoms with van der Waals surface area (Å²) in [5, 5.41) is 5.62. The Morgan fingerprint density at radius 2 is 1.61 bits per heavy atom. The third-order valence-electron chi connectivity index (χ3n) is 5.41. The van der Waals surface area contributed by atoms with Crippen LogP contribution in [0.25, 0.3) is 0 Å². The molecule has 1 aliphatic carbocycles. The van der Waals surface area contributed by atoms with Crippen molar-refractivity contribution in [3.63, 3.8) is 0 Å². The molecule has 1 atom stereocenters. The second-order valence-electron chi connectivity index (χ2n) is 7.05. The SMILES string of the molecule is CNC(=O)C(NC(=O)C1(c2ccc(OC)cc2)CC1)c1cc(OC)ccc1C. The molecule has 1 fully saturated rings. The van der Waals surface area contributed by atoms with Crippen molar-refractivity contribution in [3.05, 3.63) is 59.2 Å². The van der Waals surface area contributed by atoms with E-state index in [2.05, 4.69) is 10.6 Å². The Morgan fingerprint density at radius 1 is 1.00 bits per heavy atom. The monoisotopic (exact) mass is 382 g/mol. The number of hydrogen-bond donors (Lipinski definition) is 2. The molecule has 0 saturated heterocycles. The largest absolute Gasteiger partial charge is 0.497 e. The van der Waals surface area contributed by atoms with Crippen molar-refractivity contribution >= 4 is 11.8 Å². The number of aryl methyl sites for hydroxylation is 1. The zero-order valence-corrected chi connectivity index (χ0v) is 16.7. The van der Waals surface area contributed by atoms with Crippen LogP contribution in [0.5, 0.6) is 11.5 Å². The van der Waals surface area contributed by atoms with Gasteiger partial charge >= 0.3 is 0 Å². The highest BCUT2D eigenvalue weighted by molar-refractivity contribution is 5.95. The van der Waals surface area contributed by atoms with E-state index in [0.717, 1.165) is 35.3 Å². The first-order valence-corrected chi connectivity index (χ1v) is 9.27. The molecule has 0 radical (unpaired) electrons. The summed E-state index contributed by atoms with van der Waals surface area (Å²) < 4.78 is 10.5. The summed E-state index contributed by atoms with van der Waals surface area (Å²) in [6.45, 7) is 1.91. The molecule has 1 saturated carbocycles. The molecule has 148 valence electrons. The molecule has 0 aliphatic heterocycles. The number of carbonyl (C=O) groups is 2. The Labute approximate surface area is 165 Å². The van der Waals surface area contributed by atoms with Crippen LogP contribution in [0.2, 0.25) is 0 Å². The Balaban J connectivity index is 1.89. The van der Waals surface area contributed by atoms with Gasteiger partial charge in [-0.25, -0.2) is 0 Å². The van der Waals surface area contributed by atoms with Crippen LogP contribution >= 0.6 is 0 Å². The van der Waals surface area contributed by atoms with Crippen LogP contribution in [-0.2, 0) is 15.0 Å². The zero-order valence-electron chi connectivity index (χ0n) is 16.7. The predicted molar refractivity (Wildman–Crippen MR) is 107 cm³/mol. The smallest absolute Gasteiger partial charge is 0.246 e. The lowest BCUT2D eigenvalue weighted by molar-refractivity contribution is -0.130. The molecular weight excluding hydrogens is 356 g/mol. The predicted octanol–water partition coefficient (Wildman–Crippen LogP) is 2.65. The van der Waals surface area contributed by atoms with Gasteiger partial charge in [0.15, 0.2) is 0 Å². The van der Waals surface area contributed by atoms with Crippen LogP contribution in [0.1, 0.15) is 35.6 Å². The van der Waals surface area contributed by atoms with Gasteiger partial charge in [-0.05, 0) is 60.7 Å². The average molecular weight is 382 g/mol. The zero-order chi connectivity index (χ0) is 20.3. The summed E-state index contributed by atoms with van der Waals surface area (Å²) in [6.07, 6.45) is 1.51. The van der Waals surface area contributed by atoms with Gasteiger partial charge in [-0.15, -0.1) is 0 Å². The Hall–Kier alpha value is -3.02. The summed E-state index contributed by atoms with van der Waals surface area (Å²) in [4.78, 5) is 25.8. The number of nitrogens with one attached hydrogen (secondary N) is 2. The molecular formula is C22H26N2O4. The first-order valence-electron chi connectivity index (χ1n) is 9.27. The Morgan fingerprint density at radius 3 is 2.14 bits per heavy atom. The number of likely N-dealkylation sites (N-methyl/N-ethyl adjacent to an activating group) is 1. The normalized spacial score (nSPS) is 15.3. The van der Waals surface area contributed by atoms with Gasteiger partial charge in [-0.1, -0.05) is 18.2 Å². The molecule has 2 aromatic rings. The molecule has 0 heterocycles. The summed E-state index contributed by atoms with van der Waals surface area (Å²) in [5.41, 5.74) is 1.97. The molecule has 2 N–H and O–H groups in total. The van der Waals surface area contributed by atoms with Gasteiger partial charge in [-0.2, -0.15) is 0 Å². The van der Waals surface area contributed by atoms with E-state index in [1.165, 1.54) is 0 Å². The van der Waals surface area contributed by atoms with Crippen LogP contribution in [0.3, 0.4) is 0 Å². The number of amides is 2. The van der Waals surface area contributed by atoms with E-state index in [-0.39, 0.29) is 11.8 Å². The fraction of sp³-hybridized carbons (Fsp3) is 0.364. The van der Waals surface area contributed by atoms with Crippen molar-refractivity contribution in [2.75, 3.05) is 21.3 Å². The number of ether oxygens (including phenoxy) is 2. The van der Waals surface area contributed by atoms with Gasteiger partial charge in [0.1, 0.15) is 17.5 Å². The molecule has 0 bridgehead atoms. The number of carbonyl (C=O) groups excluding carboxylic acids is 2. The van der Waals surface area contributed by atoms with E-state index >= 15 is 0 Å².